The van der Waals surface area contributed by atoms with Crippen molar-refractivity contribution >= 4 is 11.8 Å². The van der Waals surface area contributed by atoms with Crippen molar-refractivity contribution in [1.29, 1.82) is 0 Å². The zero-order valence-electron chi connectivity index (χ0n) is 10.4. The number of alkyl halides is 3. The van der Waals surface area contributed by atoms with Crippen molar-refractivity contribution in [2.75, 3.05) is 30.8 Å². The van der Waals surface area contributed by atoms with Gasteiger partial charge in [-0.3, -0.25) is 0 Å². The van der Waals surface area contributed by atoms with Crippen LogP contribution in [-0.2, 0) is 10.9 Å². The molecule has 0 amide bonds. The van der Waals surface area contributed by atoms with Crippen LogP contribution >= 0.6 is 0 Å². The Morgan fingerprint density at radius 2 is 2.21 bits per heavy atom. The van der Waals surface area contributed by atoms with Crippen LogP contribution in [0.2, 0.25) is 0 Å². The molecule has 0 radical (unpaired) electrons. The molecule has 19 heavy (non-hydrogen) atoms. The number of hydrogen-bond donors (Lipinski definition) is 1. The number of nitrogens with two attached hydrogens (primary N) is 1. The lowest BCUT2D eigenvalue weighted by Gasteiger charge is -2.22. The SMILES string of the molecule is CN(CC1CCCO1)c1cc(C(F)(F)F)nc(N)n1. The molecule has 2 heterocycles. The summed E-state index contributed by atoms with van der Waals surface area (Å²) in [5.41, 5.74) is 4.29. The van der Waals surface area contributed by atoms with Gasteiger partial charge in [0, 0.05) is 26.3 Å². The van der Waals surface area contributed by atoms with Crippen LogP contribution in [0, 0.1) is 0 Å². The lowest BCUT2D eigenvalue weighted by molar-refractivity contribution is -0.141. The molecule has 0 saturated carbocycles. The summed E-state index contributed by atoms with van der Waals surface area (Å²) in [7, 11) is 1.66. The van der Waals surface area contributed by atoms with Gasteiger partial charge in [0.05, 0.1) is 6.10 Å². The molecule has 2 N–H and O–H groups in total. The smallest absolute Gasteiger partial charge is 0.376 e. The van der Waals surface area contributed by atoms with E-state index >= 15 is 0 Å². The molecule has 1 aliphatic rings. The van der Waals surface area contributed by atoms with Crippen LogP contribution in [0.5, 0.6) is 0 Å². The number of halogens is 3. The van der Waals surface area contributed by atoms with Crippen molar-refractivity contribution in [2.45, 2.75) is 25.1 Å². The molecular weight excluding hydrogens is 261 g/mol. The van der Waals surface area contributed by atoms with Gasteiger partial charge in [0.25, 0.3) is 0 Å². The normalized spacial score (nSPS) is 19.7. The van der Waals surface area contributed by atoms with Crippen LogP contribution in [-0.4, -0.2) is 36.3 Å². The van der Waals surface area contributed by atoms with E-state index in [0.717, 1.165) is 18.9 Å². The largest absolute Gasteiger partial charge is 0.433 e. The summed E-state index contributed by atoms with van der Waals surface area (Å²) >= 11 is 0. The van der Waals surface area contributed by atoms with Gasteiger partial charge >= 0.3 is 6.18 Å². The van der Waals surface area contributed by atoms with E-state index in [9.17, 15) is 13.2 Å². The topological polar surface area (TPSA) is 64.3 Å². The van der Waals surface area contributed by atoms with E-state index in [0.29, 0.717) is 13.2 Å². The number of nitrogens with zero attached hydrogens (tertiary/aromatic N) is 3. The van der Waals surface area contributed by atoms with Crippen LogP contribution < -0.4 is 10.6 Å². The van der Waals surface area contributed by atoms with E-state index in [1.165, 1.54) is 0 Å². The molecule has 1 atom stereocenters. The lowest BCUT2D eigenvalue weighted by atomic mass is 10.2. The van der Waals surface area contributed by atoms with E-state index in [1.54, 1.807) is 11.9 Å². The number of hydrogen-bond acceptors (Lipinski definition) is 5. The second-order valence-corrected chi connectivity index (χ2v) is 4.48. The first-order valence-electron chi connectivity index (χ1n) is 5.91. The third-order valence-electron chi connectivity index (χ3n) is 2.91. The monoisotopic (exact) mass is 276 g/mol. The van der Waals surface area contributed by atoms with Crippen molar-refractivity contribution in [1.82, 2.24) is 9.97 Å². The summed E-state index contributed by atoms with van der Waals surface area (Å²) in [5, 5.41) is 0. The standard InChI is InChI=1S/C11H15F3N4O/c1-18(6-7-3-2-4-19-7)9-5-8(11(12,13)14)16-10(15)17-9/h5,7H,2-4,6H2,1H3,(H2,15,16,17). The van der Waals surface area contributed by atoms with E-state index in [4.69, 9.17) is 10.5 Å². The van der Waals surface area contributed by atoms with E-state index in [-0.39, 0.29) is 17.9 Å². The van der Waals surface area contributed by atoms with Crippen LogP contribution in [0.25, 0.3) is 0 Å². The van der Waals surface area contributed by atoms with Gasteiger partial charge in [0.15, 0.2) is 5.69 Å². The second kappa shape index (κ2) is 5.20. The number of rotatable bonds is 3. The fraction of sp³-hybridized carbons (Fsp3) is 0.636. The summed E-state index contributed by atoms with van der Waals surface area (Å²) in [6.07, 6.45) is -2.64. The Labute approximate surface area is 108 Å². The molecule has 106 valence electrons. The highest BCUT2D eigenvalue weighted by Crippen LogP contribution is 2.30. The average molecular weight is 276 g/mol. The third kappa shape index (κ3) is 3.46. The molecule has 8 heteroatoms. The molecule has 1 unspecified atom stereocenters. The Morgan fingerprint density at radius 3 is 2.79 bits per heavy atom. The summed E-state index contributed by atoms with van der Waals surface area (Å²) in [6.45, 7) is 1.17. The molecule has 0 aliphatic carbocycles. The van der Waals surface area contributed by atoms with Gasteiger partial charge in [0.1, 0.15) is 5.82 Å². The lowest BCUT2D eigenvalue weighted by Crippen LogP contribution is -2.30. The number of anilines is 2. The van der Waals surface area contributed by atoms with Crippen LogP contribution in [0.4, 0.5) is 24.9 Å². The molecule has 1 aromatic rings. The first kappa shape index (κ1) is 13.9. The number of nitrogen functional groups attached to an aromatic ring is 1. The van der Waals surface area contributed by atoms with Gasteiger partial charge in [0.2, 0.25) is 5.95 Å². The summed E-state index contributed by atoms with van der Waals surface area (Å²) < 4.78 is 43.3. The van der Waals surface area contributed by atoms with Crippen LogP contribution in [0.3, 0.4) is 0 Å². The van der Waals surface area contributed by atoms with Crippen molar-refractivity contribution in [3.63, 3.8) is 0 Å². The van der Waals surface area contributed by atoms with E-state index < -0.39 is 11.9 Å². The van der Waals surface area contributed by atoms with Crippen molar-refractivity contribution in [3.8, 4) is 0 Å². The Bertz CT molecular complexity index is 446. The second-order valence-electron chi connectivity index (χ2n) is 4.48. The zero-order chi connectivity index (χ0) is 14.0. The van der Waals surface area contributed by atoms with Gasteiger partial charge in [-0.2, -0.15) is 18.2 Å². The first-order chi connectivity index (χ1) is 8.86. The highest BCUT2D eigenvalue weighted by Gasteiger charge is 2.34. The fourth-order valence-electron chi connectivity index (χ4n) is 1.98. The van der Waals surface area contributed by atoms with Crippen molar-refractivity contribution in [2.24, 2.45) is 0 Å². The van der Waals surface area contributed by atoms with Crippen molar-refractivity contribution < 1.29 is 17.9 Å². The molecule has 1 saturated heterocycles. The molecule has 1 aromatic heterocycles. The molecule has 2 rings (SSSR count). The maximum absolute atomic E-state index is 12.6. The molecule has 5 nitrogen and oxygen atoms in total. The number of aromatic nitrogens is 2. The highest BCUT2D eigenvalue weighted by molar-refractivity contribution is 5.43. The Morgan fingerprint density at radius 1 is 1.47 bits per heavy atom. The highest BCUT2D eigenvalue weighted by atomic mass is 19.4. The van der Waals surface area contributed by atoms with E-state index in [1.807, 2.05) is 0 Å². The van der Waals surface area contributed by atoms with Gasteiger partial charge in [-0.25, -0.2) is 4.98 Å². The maximum atomic E-state index is 12.6. The predicted octanol–water partition coefficient (Wildman–Crippen LogP) is 1.69. The number of likely N-dealkylation sites (N-methyl/N-ethyl adjacent to an activating group) is 1. The molecule has 0 aromatic carbocycles. The Hall–Kier alpha value is -1.57. The fourth-order valence-corrected chi connectivity index (χ4v) is 1.98. The molecule has 1 fully saturated rings. The minimum Gasteiger partial charge on any atom is -0.376 e. The van der Waals surface area contributed by atoms with Crippen molar-refractivity contribution in [3.05, 3.63) is 11.8 Å². The molecular formula is C11H15F3N4O. The Kier molecular flexibility index (Phi) is 3.79. The Balaban J connectivity index is 2.16. The minimum absolute atomic E-state index is 0.0236. The van der Waals surface area contributed by atoms with Gasteiger partial charge in [-0.15, -0.1) is 0 Å². The van der Waals surface area contributed by atoms with Gasteiger partial charge in [-0.1, -0.05) is 0 Å². The van der Waals surface area contributed by atoms with Crippen LogP contribution in [0.15, 0.2) is 6.07 Å². The molecule has 1 aliphatic heterocycles. The third-order valence-corrected chi connectivity index (χ3v) is 2.91. The van der Waals surface area contributed by atoms with Gasteiger partial charge in [-0.05, 0) is 12.8 Å². The van der Waals surface area contributed by atoms with Gasteiger partial charge < -0.3 is 15.4 Å². The summed E-state index contributed by atoms with van der Waals surface area (Å²) in [5.74, 6) is -0.237. The molecule has 0 bridgehead atoms. The summed E-state index contributed by atoms with van der Waals surface area (Å²) in [6, 6.07) is 0.894. The van der Waals surface area contributed by atoms with E-state index in [2.05, 4.69) is 9.97 Å². The quantitative estimate of drug-likeness (QED) is 0.910. The maximum Gasteiger partial charge on any atom is 0.433 e. The van der Waals surface area contributed by atoms with Crippen LogP contribution in [0.1, 0.15) is 18.5 Å². The summed E-state index contributed by atoms with van der Waals surface area (Å²) in [4.78, 5) is 8.63. The zero-order valence-corrected chi connectivity index (χ0v) is 10.4. The predicted molar refractivity (Wildman–Crippen MR) is 63.7 cm³/mol. The first-order valence-corrected chi connectivity index (χ1v) is 5.91. The average Bonchev–Trinajstić information content (AvgIpc) is 2.79. The minimum atomic E-state index is -4.53. The molecule has 0 spiro atoms. The number of ether oxygens (including phenoxy) is 1.